The monoisotopic (exact) mass is 1020 g/mol. The van der Waals surface area contributed by atoms with Crippen molar-refractivity contribution in [3.63, 3.8) is 0 Å². The molecule has 9 nitrogen and oxygen atoms in total. The smallest absolute Gasteiger partial charge is 0.361 e. The summed E-state index contributed by atoms with van der Waals surface area (Å²) in [7, 11) is 5.95. The van der Waals surface area contributed by atoms with Gasteiger partial charge in [-0.3, -0.25) is 9.59 Å². The average molecular weight is 1020 g/mol. The van der Waals surface area contributed by atoms with Gasteiger partial charge in [-0.2, -0.15) is 0 Å². The zero-order chi connectivity index (χ0) is 53.4. The van der Waals surface area contributed by atoms with Crippen molar-refractivity contribution in [1.82, 2.24) is 0 Å². The van der Waals surface area contributed by atoms with E-state index >= 15 is 0 Å². The number of carboxylic acid groups (broad SMARTS) is 1. The number of carbonyl (C=O) groups is 3. The number of ether oxygens (including phenoxy) is 4. The first-order valence-electron chi connectivity index (χ1n) is 29.1. The molecule has 0 amide bonds. The number of rotatable bonds is 52. The highest BCUT2D eigenvalue weighted by Crippen LogP contribution is 2.14. The van der Waals surface area contributed by atoms with Crippen LogP contribution < -0.4 is 0 Å². The topological polar surface area (TPSA) is 108 Å². The summed E-state index contributed by atoms with van der Waals surface area (Å²) in [4.78, 5) is 37.4. The standard InChI is InChI=1S/C64H107NO8/c1-6-8-10-12-14-16-18-20-22-23-24-25-26-27-28-29-30-31-32-33-34-35-36-37-38-39-41-43-45-47-49-51-53-55-62(67)73-60(59-72-64(63(68)69)70-57-56-65(3,4)5)58-71-61(66)54-52-50-48-46-44-42-40-21-19-17-15-13-11-9-7-2/h8,10,14,16,20-22,24-25,27-28,30-31,33-34,36-37,40,60,64H,6-7,9,11-13,15,17-19,23,26,29,32,35,38-39,41-59H2,1-5H3/p+1/b10-8-,16-14-,22-20-,25-24-,28-27-,31-30-,34-33-,37-36-,40-21-. The van der Waals surface area contributed by atoms with Crippen LogP contribution in [0.2, 0.25) is 0 Å². The highest BCUT2D eigenvalue weighted by Gasteiger charge is 2.25. The number of quaternary nitrogens is 1. The van der Waals surface area contributed by atoms with Crippen molar-refractivity contribution in [3.05, 3.63) is 109 Å². The van der Waals surface area contributed by atoms with Crippen LogP contribution in [0.4, 0.5) is 0 Å². The summed E-state index contributed by atoms with van der Waals surface area (Å²) in [6.07, 6.45) is 71.6. The fraction of sp³-hybridized carbons (Fsp3) is 0.672. The van der Waals surface area contributed by atoms with E-state index in [-0.39, 0.29) is 38.6 Å². The van der Waals surface area contributed by atoms with Gasteiger partial charge in [0.25, 0.3) is 6.29 Å². The van der Waals surface area contributed by atoms with Gasteiger partial charge in [0.05, 0.1) is 34.4 Å². The Bertz CT molecular complexity index is 1560. The van der Waals surface area contributed by atoms with Crippen molar-refractivity contribution in [2.45, 2.75) is 232 Å². The molecule has 0 rings (SSSR count). The number of esters is 2. The molecular formula is C64H108NO8+. The van der Waals surface area contributed by atoms with Gasteiger partial charge >= 0.3 is 17.9 Å². The van der Waals surface area contributed by atoms with Crippen molar-refractivity contribution in [1.29, 1.82) is 0 Å². The maximum absolute atomic E-state index is 12.9. The van der Waals surface area contributed by atoms with Gasteiger partial charge in [0.2, 0.25) is 0 Å². The fourth-order valence-corrected chi connectivity index (χ4v) is 7.55. The van der Waals surface area contributed by atoms with Gasteiger partial charge in [-0.25, -0.2) is 4.79 Å². The van der Waals surface area contributed by atoms with E-state index in [0.29, 0.717) is 17.4 Å². The highest BCUT2D eigenvalue weighted by molar-refractivity contribution is 5.71. The molecule has 0 fully saturated rings. The predicted octanol–water partition coefficient (Wildman–Crippen LogP) is 17.1. The largest absolute Gasteiger partial charge is 0.477 e. The maximum atomic E-state index is 12.9. The molecule has 0 aromatic rings. The SMILES string of the molecule is CC/C=C\C/C=C\C/C=C\C/C=C\C/C=C\C/C=C\C/C=C\C/C=C\CCCCCCCCCCC(=O)OC(COC(=O)CCCCCCC/C=C\CCCCCCCC)COC(OCC[N+](C)(C)C)C(=O)O. The Morgan fingerprint density at radius 1 is 0.425 bits per heavy atom. The molecule has 9 heteroatoms. The third-order valence-electron chi connectivity index (χ3n) is 12.0. The van der Waals surface area contributed by atoms with Crippen LogP contribution in [0.5, 0.6) is 0 Å². The molecule has 0 spiro atoms. The predicted molar refractivity (Wildman–Crippen MR) is 308 cm³/mol. The second kappa shape index (κ2) is 54.2. The summed E-state index contributed by atoms with van der Waals surface area (Å²) in [5, 5.41) is 9.69. The van der Waals surface area contributed by atoms with Crippen LogP contribution in [-0.2, 0) is 33.3 Å². The number of carboxylic acids is 1. The van der Waals surface area contributed by atoms with Crippen molar-refractivity contribution in [2.75, 3.05) is 47.5 Å². The molecule has 0 aromatic heterocycles. The summed E-state index contributed by atoms with van der Waals surface area (Å²) >= 11 is 0. The third kappa shape index (κ3) is 55.5. The summed E-state index contributed by atoms with van der Waals surface area (Å²) in [6, 6.07) is 0. The van der Waals surface area contributed by atoms with Crippen LogP contribution in [-0.4, -0.2) is 87.4 Å². The van der Waals surface area contributed by atoms with Gasteiger partial charge < -0.3 is 28.5 Å². The second-order valence-electron chi connectivity index (χ2n) is 20.2. The third-order valence-corrected chi connectivity index (χ3v) is 12.0. The molecule has 1 N–H and O–H groups in total. The molecule has 0 aromatic carbocycles. The van der Waals surface area contributed by atoms with Crippen LogP contribution in [0.1, 0.15) is 219 Å². The van der Waals surface area contributed by atoms with Crippen molar-refractivity contribution in [3.8, 4) is 0 Å². The first-order chi connectivity index (χ1) is 35.6. The molecule has 0 saturated heterocycles. The maximum Gasteiger partial charge on any atom is 0.361 e. The van der Waals surface area contributed by atoms with E-state index in [2.05, 4.69) is 123 Å². The van der Waals surface area contributed by atoms with Crippen LogP contribution >= 0.6 is 0 Å². The zero-order valence-electron chi connectivity index (χ0n) is 47.3. The lowest BCUT2D eigenvalue weighted by atomic mass is 10.1. The Kier molecular flexibility index (Phi) is 51.2. The quantitative estimate of drug-likeness (QED) is 0.0211. The summed E-state index contributed by atoms with van der Waals surface area (Å²) in [5.41, 5.74) is 0. The van der Waals surface area contributed by atoms with Gasteiger partial charge in [0.1, 0.15) is 13.2 Å². The lowest BCUT2D eigenvalue weighted by molar-refractivity contribution is -0.870. The van der Waals surface area contributed by atoms with Crippen molar-refractivity contribution < 1.29 is 42.9 Å². The number of nitrogens with zero attached hydrogens (tertiary/aromatic N) is 1. The lowest BCUT2D eigenvalue weighted by Gasteiger charge is -2.25. The minimum Gasteiger partial charge on any atom is -0.477 e. The number of likely N-dealkylation sites (N-methyl/N-ethyl adjacent to an activating group) is 1. The Balaban J connectivity index is 4.26. The summed E-state index contributed by atoms with van der Waals surface area (Å²) in [5.74, 6) is -2.04. The molecule has 0 aliphatic carbocycles. The minimum absolute atomic E-state index is 0.180. The molecule has 416 valence electrons. The Morgan fingerprint density at radius 2 is 0.781 bits per heavy atom. The molecule has 0 aliphatic rings. The molecule has 0 bridgehead atoms. The zero-order valence-corrected chi connectivity index (χ0v) is 47.3. The molecule has 0 heterocycles. The normalized spacial score (nSPS) is 13.6. The van der Waals surface area contributed by atoms with E-state index in [0.717, 1.165) is 116 Å². The molecule has 0 radical (unpaired) electrons. The van der Waals surface area contributed by atoms with Gasteiger partial charge in [0, 0.05) is 12.8 Å². The minimum atomic E-state index is -1.52. The molecule has 0 saturated carbocycles. The molecule has 73 heavy (non-hydrogen) atoms. The highest BCUT2D eigenvalue weighted by atomic mass is 16.7. The van der Waals surface area contributed by atoms with E-state index in [9.17, 15) is 19.5 Å². The first-order valence-corrected chi connectivity index (χ1v) is 29.1. The van der Waals surface area contributed by atoms with Crippen LogP contribution in [0.15, 0.2) is 109 Å². The van der Waals surface area contributed by atoms with E-state index in [1.54, 1.807) is 0 Å². The second-order valence-corrected chi connectivity index (χ2v) is 20.2. The van der Waals surface area contributed by atoms with Crippen molar-refractivity contribution in [2.24, 2.45) is 0 Å². The number of aliphatic carboxylic acids is 1. The van der Waals surface area contributed by atoms with Crippen LogP contribution in [0, 0.1) is 0 Å². The Morgan fingerprint density at radius 3 is 1.18 bits per heavy atom. The molecule has 0 aliphatic heterocycles. The Labute approximate surface area is 447 Å². The molecule has 2 atom stereocenters. The average Bonchev–Trinajstić information content (AvgIpc) is 3.36. The van der Waals surface area contributed by atoms with E-state index in [1.165, 1.54) is 70.6 Å². The number of hydrogen-bond donors (Lipinski definition) is 1. The van der Waals surface area contributed by atoms with Crippen LogP contribution in [0.25, 0.3) is 0 Å². The van der Waals surface area contributed by atoms with Gasteiger partial charge in [-0.15, -0.1) is 0 Å². The molecular weight excluding hydrogens is 911 g/mol. The Hall–Kier alpha value is -4.05. The van der Waals surface area contributed by atoms with Gasteiger partial charge in [-0.1, -0.05) is 213 Å². The van der Waals surface area contributed by atoms with Gasteiger partial charge in [-0.05, 0) is 103 Å². The number of carbonyl (C=O) groups excluding carboxylic acids is 2. The first kappa shape index (κ1) is 69.0. The fourth-order valence-electron chi connectivity index (χ4n) is 7.55. The van der Waals surface area contributed by atoms with E-state index in [1.807, 2.05) is 21.1 Å². The van der Waals surface area contributed by atoms with Crippen LogP contribution in [0.3, 0.4) is 0 Å². The summed E-state index contributed by atoms with van der Waals surface area (Å²) in [6.45, 7) is 4.73. The number of unbranched alkanes of at least 4 members (excludes halogenated alkanes) is 19. The van der Waals surface area contributed by atoms with E-state index in [4.69, 9.17) is 18.9 Å². The van der Waals surface area contributed by atoms with Gasteiger partial charge in [0.15, 0.2) is 6.10 Å². The number of hydrogen-bond acceptors (Lipinski definition) is 7. The van der Waals surface area contributed by atoms with Crippen molar-refractivity contribution >= 4 is 17.9 Å². The molecule has 2 unspecified atom stereocenters. The summed E-state index contributed by atoms with van der Waals surface area (Å²) < 4.78 is 22.8. The van der Waals surface area contributed by atoms with E-state index < -0.39 is 24.3 Å². The number of allylic oxidation sites excluding steroid dienone is 18. The lowest BCUT2D eigenvalue weighted by Crippen LogP contribution is -2.40.